The highest BCUT2D eigenvalue weighted by atomic mass is 32.1. The molecule has 1 heteroatoms. The minimum absolute atomic E-state index is 1.16. The van der Waals surface area contributed by atoms with E-state index < -0.39 is 0 Å². The van der Waals surface area contributed by atoms with Crippen LogP contribution in [0.4, 0.5) is 0 Å². The molecule has 0 unspecified atom stereocenters. The Balaban J connectivity index is 2.63. The Morgan fingerprint density at radius 3 is 2.17 bits per heavy atom. The first-order valence-corrected chi connectivity index (χ1v) is 2.73. The van der Waals surface area contributed by atoms with Crippen molar-refractivity contribution in [2.24, 2.45) is 0 Å². The topological polar surface area (TPSA) is 0 Å². The first-order valence-electron chi connectivity index (χ1n) is 2.28. The Hall–Kier alpha value is 0.350. The molecule has 0 bridgehead atoms. The molecule has 0 amide bonds. The van der Waals surface area contributed by atoms with Gasteiger partial charge in [-0.25, -0.2) is 0 Å². The van der Waals surface area contributed by atoms with Crippen LogP contribution in [-0.4, -0.2) is 0 Å². The number of hydrogen-bond acceptors (Lipinski definition) is 1. The largest absolute Gasteiger partial charge is 0.171 e. The van der Waals surface area contributed by atoms with Crippen LogP contribution in [0.1, 0.15) is 26.7 Å². The first-order chi connectivity index (χ1) is 2.77. The molecule has 0 spiro atoms. The molecular weight excluding hydrogens is 92.1 g/mol. The van der Waals surface area contributed by atoms with E-state index in [9.17, 15) is 0 Å². The highest BCUT2D eigenvalue weighted by Gasteiger charge is 1.87. The number of thiol groups is 1. The van der Waals surface area contributed by atoms with Gasteiger partial charge in [-0.1, -0.05) is 13.3 Å². The van der Waals surface area contributed by atoms with Crippen LogP contribution in [-0.2, 0) is 0 Å². The summed E-state index contributed by atoms with van der Waals surface area (Å²) >= 11 is 4.09. The van der Waals surface area contributed by atoms with Crippen molar-refractivity contribution in [3.05, 3.63) is 5.25 Å². The van der Waals surface area contributed by atoms with Crippen molar-refractivity contribution in [3.63, 3.8) is 0 Å². The molecule has 0 aliphatic carbocycles. The van der Waals surface area contributed by atoms with Gasteiger partial charge in [-0.3, -0.25) is 0 Å². The van der Waals surface area contributed by atoms with Crippen LogP contribution in [0.25, 0.3) is 0 Å². The molecule has 0 aromatic heterocycles. The first kappa shape index (κ1) is 6.35. The summed E-state index contributed by atoms with van der Waals surface area (Å²) in [5.41, 5.74) is 0. The average Bonchev–Trinajstić information content (AvgIpc) is 1.35. The lowest BCUT2D eigenvalue weighted by Crippen LogP contribution is -1.74. The van der Waals surface area contributed by atoms with Crippen LogP contribution < -0.4 is 0 Å². The zero-order chi connectivity index (χ0) is 4.99. The summed E-state index contributed by atoms with van der Waals surface area (Å²) in [5.74, 6) is 0. The smallest absolute Gasteiger partial charge is 0.0243 e. The SMILES string of the molecule is CCC[C](C)S. The van der Waals surface area contributed by atoms with Crippen molar-refractivity contribution < 1.29 is 0 Å². The van der Waals surface area contributed by atoms with E-state index in [0.29, 0.717) is 0 Å². The predicted octanol–water partition coefficient (Wildman–Crippen LogP) is 2.27. The second kappa shape index (κ2) is 3.54. The highest BCUT2D eigenvalue weighted by Crippen LogP contribution is 2.09. The molecule has 0 aromatic carbocycles. The summed E-state index contributed by atoms with van der Waals surface area (Å²) in [6.45, 7) is 4.19. The van der Waals surface area contributed by atoms with Crippen LogP contribution in [0.2, 0.25) is 0 Å². The van der Waals surface area contributed by atoms with Gasteiger partial charge in [0.2, 0.25) is 0 Å². The van der Waals surface area contributed by atoms with Gasteiger partial charge in [-0.2, -0.15) is 12.6 Å². The van der Waals surface area contributed by atoms with Gasteiger partial charge in [0.25, 0.3) is 0 Å². The second-order valence-electron chi connectivity index (χ2n) is 1.49. The summed E-state index contributed by atoms with van der Waals surface area (Å²) in [7, 11) is 0. The van der Waals surface area contributed by atoms with E-state index in [2.05, 4.69) is 19.6 Å². The molecule has 0 nitrogen and oxygen atoms in total. The molecule has 37 valence electrons. The van der Waals surface area contributed by atoms with Crippen LogP contribution in [0.15, 0.2) is 0 Å². The Morgan fingerprint density at radius 2 is 2.17 bits per heavy atom. The summed E-state index contributed by atoms with van der Waals surface area (Å²) in [6.07, 6.45) is 2.37. The van der Waals surface area contributed by atoms with Crippen LogP contribution in [0.5, 0.6) is 0 Å². The van der Waals surface area contributed by atoms with Gasteiger partial charge in [0, 0.05) is 5.25 Å². The molecule has 1 radical (unpaired) electrons. The van der Waals surface area contributed by atoms with E-state index >= 15 is 0 Å². The molecule has 6 heavy (non-hydrogen) atoms. The Bertz CT molecular complexity index is 25.1. The molecule has 0 heterocycles. The normalized spacial score (nSPS) is 10.0. The molecule has 0 aliphatic heterocycles. The Kier molecular flexibility index (Phi) is 3.74. The third kappa shape index (κ3) is 4.35. The van der Waals surface area contributed by atoms with Crippen molar-refractivity contribution in [3.8, 4) is 0 Å². The maximum absolute atomic E-state index is 4.09. The zero-order valence-electron chi connectivity index (χ0n) is 4.36. The fourth-order valence-electron chi connectivity index (χ4n) is 0.362. The van der Waals surface area contributed by atoms with Crippen LogP contribution >= 0.6 is 12.6 Å². The van der Waals surface area contributed by atoms with E-state index in [-0.39, 0.29) is 0 Å². The lowest BCUT2D eigenvalue weighted by molar-refractivity contribution is 0.882. The molecule has 0 N–H and O–H groups in total. The lowest BCUT2D eigenvalue weighted by Gasteiger charge is -1.94. The Labute approximate surface area is 45.4 Å². The molecular formula is C5H11S. The van der Waals surface area contributed by atoms with Crippen LogP contribution in [0, 0.1) is 5.25 Å². The highest BCUT2D eigenvalue weighted by molar-refractivity contribution is 7.83. The van der Waals surface area contributed by atoms with Gasteiger partial charge >= 0.3 is 0 Å². The van der Waals surface area contributed by atoms with Gasteiger partial charge in [-0.15, -0.1) is 0 Å². The van der Waals surface area contributed by atoms with E-state index in [1.165, 1.54) is 11.7 Å². The van der Waals surface area contributed by atoms with Gasteiger partial charge in [0.15, 0.2) is 0 Å². The average molecular weight is 103 g/mol. The van der Waals surface area contributed by atoms with E-state index in [1.54, 1.807) is 0 Å². The third-order valence-electron chi connectivity index (χ3n) is 0.612. The van der Waals surface area contributed by atoms with Crippen molar-refractivity contribution in [2.75, 3.05) is 0 Å². The molecule has 0 rings (SSSR count). The van der Waals surface area contributed by atoms with E-state index in [1.807, 2.05) is 6.92 Å². The van der Waals surface area contributed by atoms with Crippen molar-refractivity contribution in [1.82, 2.24) is 0 Å². The predicted molar refractivity (Wildman–Crippen MR) is 32.8 cm³/mol. The summed E-state index contributed by atoms with van der Waals surface area (Å²) in [5, 5.41) is 1.23. The van der Waals surface area contributed by atoms with Crippen molar-refractivity contribution in [2.45, 2.75) is 26.7 Å². The van der Waals surface area contributed by atoms with Gasteiger partial charge in [0.1, 0.15) is 0 Å². The van der Waals surface area contributed by atoms with Gasteiger partial charge < -0.3 is 0 Å². The Morgan fingerprint density at radius 1 is 1.67 bits per heavy atom. The number of hydrogen-bond donors (Lipinski definition) is 1. The number of rotatable bonds is 2. The van der Waals surface area contributed by atoms with Gasteiger partial charge in [-0.05, 0) is 13.3 Å². The minimum Gasteiger partial charge on any atom is -0.171 e. The lowest BCUT2D eigenvalue weighted by atomic mass is 10.3. The summed E-state index contributed by atoms with van der Waals surface area (Å²) in [4.78, 5) is 0. The quantitative estimate of drug-likeness (QED) is 0.509. The molecule has 0 aliphatic rings. The fourth-order valence-corrected chi connectivity index (χ4v) is 0.585. The standard InChI is InChI=1S/C5H11S/c1-3-4-5(2)6/h6H,3-4H2,1-2H3. The summed E-state index contributed by atoms with van der Waals surface area (Å²) in [6, 6.07) is 0. The monoisotopic (exact) mass is 103 g/mol. The maximum Gasteiger partial charge on any atom is 0.0243 e. The minimum atomic E-state index is 1.16. The van der Waals surface area contributed by atoms with E-state index in [4.69, 9.17) is 0 Å². The van der Waals surface area contributed by atoms with E-state index in [0.717, 1.165) is 6.42 Å². The molecule has 0 aromatic rings. The molecule has 0 fully saturated rings. The second-order valence-corrected chi connectivity index (χ2v) is 2.25. The molecule has 0 saturated heterocycles. The van der Waals surface area contributed by atoms with Crippen molar-refractivity contribution in [1.29, 1.82) is 0 Å². The third-order valence-corrected chi connectivity index (χ3v) is 0.835. The summed E-state index contributed by atoms with van der Waals surface area (Å²) < 4.78 is 0. The zero-order valence-corrected chi connectivity index (χ0v) is 5.26. The van der Waals surface area contributed by atoms with Crippen LogP contribution in [0.3, 0.4) is 0 Å². The fraction of sp³-hybridized carbons (Fsp3) is 0.800. The van der Waals surface area contributed by atoms with Gasteiger partial charge in [0.05, 0.1) is 0 Å². The molecule has 0 atom stereocenters. The maximum atomic E-state index is 4.09. The molecule has 0 saturated carbocycles. The van der Waals surface area contributed by atoms with Crippen molar-refractivity contribution >= 4 is 12.6 Å².